The van der Waals surface area contributed by atoms with Crippen molar-refractivity contribution in [3.05, 3.63) is 35.4 Å². The molecule has 2 rings (SSSR count). The molecule has 0 amide bonds. The smallest absolute Gasteiger partial charge is 0.176 e. The topological polar surface area (TPSA) is 52.3 Å². The number of hydrogen-bond acceptors (Lipinski definition) is 3. The van der Waals surface area contributed by atoms with Crippen LogP contribution in [0.1, 0.15) is 28.8 Å². The summed E-state index contributed by atoms with van der Waals surface area (Å²) in [6.07, 6.45) is 2.13. The summed E-state index contributed by atoms with van der Waals surface area (Å²) in [4.78, 5) is 11.3. The van der Waals surface area contributed by atoms with Gasteiger partial charge in [0.2, 0.25) is 0 Å². The van der Waals surface area contributed by atoms with E-state index in [2.05, 4.69) is 0 Å². The van der Waals surface area contributed by atoms with Crippen molar-refractivity contribution in [2.75, 3.05) is 13.7 Å². The monoisotopic (exact) mass is 205 g/mol. The van der Waals surface area contributed by atoms with Gasteiger partial charge in [0, 0.05) is 12.7 Å². The molecule has 1 saturated carbocycles. The van der Waals surface area contributed by atoms with Crippen molar-refractivity contribution in [2.24, 2.45) is 5.73 Å². The lowest BCUT2D eigenvalue weighted by molar-refractivity contribution is 0.0788. The Morgan fingerprint density at radius 2 is 2.00 bits per heavy atom. The Bertz CT molecular complexity index is 366. The molecule has 0 spiro atoms. The van der Waals surface area contributed by atoms with Gasteiger partial charge >= 0.3 is 0 Å². The maximum atomic E-state index is 11.3. The molecule has 80 valence electrons. The number of nitrogens with two attached hydrogens (primary N) is 1. The normalized spacial score (nSPS) is 17.5. The van der Waals surface area contributed by atoms with E-state index in [-0.39, 0.29) is 17.9 Å². The summed E-state index contributed by atoms with van der Waals surface area (Å²) in [5.74, 6) is -0.0242. The van der Waals surface area contributed by atoms with E-state index < -0.39 is 0 Å². The zero-order valence-electron chi connectivity index (χ0n) is 8.82. The Morgan fingerprint density at radius 3 is 2.40 bits per heavy atom. The molecular weight excluding hydrogens is 190 g/mol. The van der Waals surface area contributed by atoms with Crippen LogP contribution in [0, 0.1) is 0 Å². The fourth-order valence-electron chi connectivity index (χ4n) is 1.80. The molecule has 0 atom stereocenters. The third-order valence-corrected chi connectivity index (χ3v) is 3.01. The molecule has 1 aliphatic rings. The highest BCUT2D eigenvalue weighted by atomic mass is 16.5. The number of ketones is 1. The maximum Gasteiger partial charge on any atom is 0.176 e. The first-order valence-electron chi connectivity index (χ1n) is 5.11. The molecule has 0 saturated heterocycles. The van der Waals surface area contributed by atoms with Crippen LogP contribution in [-0.4, -0.2) is 19.4 Å². The van der Waals surface area contributed by atoms with E-state index in [1.165, 1.54) is 0 Å². The quantitative estimate of drug-likeness (QED) is 0.757. The predicted octanol–water partition coefficient (Wildman–Crippen LogP) is 1.46. The molecule has 1 aromatic carbocycles. The van der Waals surface area contributed by atoms with Crippen LogP contribution >= 0.6 is 0 Å². The number of ether oxygens (including phenoxy) is 1. The van der Waals surface area contributed by atoms with Crippen molar-refractivity contribution in [3.63, 3.8) is 0 Å². The van der Waals surface area contributed by atoms with Crippen LogP contribution in [0.15, 0.2) is 24.3 Å². The Balaban J connectivity index is 2.21. The summed E-state index contributed by atoms with van der Waals surface area (Å²) < 4.78 is 5.45. The van der Waals surface area contributed by atoms with Crippen molar-refractivity contribution in [1.82, 2.24) is 0 Å². The van der Waals surface area contributed by atoms with Gasteiger partial charge in [0.25, 0.3) is 0 Å². The maximum absolute atomic E-state index is 11.3. The molecule has 0 unspecified atom stereocenters. The minimum atomic E-state index is -0.0791. The van der Waals surface area contributed by atoms with Gasteiger partial charge in [-0.3, -0.25) is 4.79 Å². The number of carbonyl (C=O) groups is 1. The number of methoxy groups -OCH3 is 1. The Morgan fingerprint density at radius 1 is 1.40 bits per heavy atom. The highest BCUT2D eigenvalue weighted by molar-refractivity contribution is 5.97. The third-order valence-electron chi connectivity index (χ3n) is 3.01. The van der Waals surface area contributed by atoms with Crippen molar-refractivity contribution < 1.29 is 9.53 Å². The van der Waals surface area contributed by atoms with E-state index in [0.29, 0.717) is 5.56 Å². The number of hydrogen-bond donors (Lipinski definition) is 1. The van der Waals surface area contributed by atoms with E-state index in [1.807, 2.05) is 24.3 Å². The fourth-order valence-corrected chi connectivity index (χ4v) is 1.80. The largest absolute Gasteiger partial charge is 0.374 e. The number of rotatable bonds is 4. The molecule has 0 heterocycles. The van der Waals surface area contributed by atoms with Crippen molar-refractivity contribution in [2.45, 2.75) is 18.4 Å². The zero-order chi connectivity index (χ0) is 10.9. The molecule has 0 bridgehead atoms. The second kappa shape index (κ2) is 3.76. The summed E-state index contributed by atoms with van der Waals surface area (Å²) in [5, 5.41) is 0. The average Bonchev–Trinajstić information content (AvgIpc) is 3.09. The van der Waals surface area contributed by atoms with Crippen LogP contribution < -0.4 is 5.73 Å². The van der Waals surface area contributed by atoms with Crippen LogP contribution in [0.3, 0.4) is 0 Å². The van der Waals surface area contributed by atoms with Crippen LogP contribution in [0.25, 0.3) is 0 Å². The van der Waals surface area contributed by atoms with Gasteiger partial charge in [0.15, 0.2) is 5.78 Å². The highest BCUT2D eigenvalue weighted by Gasteiger charge is 2.44. The van der Waals surface area contributed by atoms with Crippen LogP contribution in [-0.2, 0) is 10.3 Å². The Kier molecular flexibility index (Phi) is 2.59. The molecule has 1 aliphatic carbocycles. The number of Topliss-reactive ketones (excluding diaryl/α,β-unsaturated/α-hetero) is 1. The van der Waals surface area contributed by atoms with Gasteiger partial charge in [-0.05, 0) is 18.4 Å². The second-order valence-electron chi connectivity index (χ2n) is 3.90. The molecule has 15 heavy (non-hydrogen) atoms. The highest BCUT2D eigenvalue weighted by Crippen LogP contribution is 2.48. The first-order chi connectivity index (χ1) is 7.22. The van der Waals surface area contributed by atoms with Gasteiger partial charge in [0.1, 0.15) is 0 Å². The minimum Gasteiger partial charge on any atom is -0.374 e. The van der Waals surface area contributed by atoms with Gasteiger partial charge in [-0.15, -0.1) is 0 Å². The standard InChI is InChI=1S/C12H15NO2/c1-15-12(6-7-12)10-4-2-9(3-5-10)11(14)8-13/h2-5H,6-8,13H2,1H3. The SMILES string of the molecule is COC1(c2ccc(C(=O)CN)cc2)CC1. The van der Waals surface area contributed by atoms with Gasteiger partial charge in [0.05, 0.1) is 12.1 Å². The van der Waals surface area contributed by atoms with Gasteiger partial charge in [-0.2, -0.15) is 0 Å². The predicted molar refractivity (Wildman–Crippen MR) is 57.7 cm³/mol. The molecule has 2 N–H and O–H groups in total. The van der Waals surface area contributed by atoms with Crippen molar-refractivity contribution in [1.29, 1.82) is 0 Å². The summed E-state index contributed by atoms with van der Waals surface area (Å²) in [7, 11) is 1.73. The number of benzene rings is 1. The van der Waals surface area contributed by atoms with Gasteiger partial charge < -0.3 is 10.5 Å². The molecular formula is C12H15NO2. The van der Waals surface area contributed by atoms with Crippen LogP contribution in [0.4, 0.5) is 0 Å². The molecule has 0 aromatic heterocycles. The summed E-state index contributed by atoms with van der Waals surface area (Å²) in [6.45, 7) is 0.0643. The molecule has 1 aromatic rings. The number of carbonyl (C=O) groups excluding carboxylic acids is 1. The van der Waals surface area contributed by atoms with E-state index in [1.54, 1.807) is 7.11 Å². The third kappa shape index (κ3) is 1.80. The molecule has 0 radical (unpaired) electrons. The zero-order valence-corrected chi connectivity index (χ0v) is 8.82. The van der Waals surface area contributed by atoms with Gasteiger partial charge in [-0.1, -0.05) is 24.3 Å². The lowest BCUT2D eigenvalue weighted by atomic mass is 10.0. The molecule has 3 heteroatoms. The van der Waals surface area contributed by atoms with Crippen molar-refractivity contribution in [3.8, 4) is 0 Å². The summed E-state index contributed by atoms with van der Waals surface area (Å²) >= 11 is 0. The van der Waals surface area contributed by atoms with E-state index in [0.717, 1.165) is 18.4 Å². The fraction of sp³-hybridized carbons (Fsp3) is 0.417. The van der Waals surface area contributed by atoms with E-state index in [9.17, 15) is 4.79 Å². The van der Waals surface area contributed by atoms with Crippen LogP contribution in [0.5, 0.6) is 0 Å². The second-order valence-corrected chi connectivity index (χ2v) is 3.90. The Labute approximate surface area is 89.2 Å². The molecule has 1 fully saturated rings. The van der Waals surface area contributed by atoms with Crippen LogP contribution in [0.2, 0.25) is 0 Å². The van der Waals surface area contributed by atoms with Crippen molar-refractivity contribution >= 4 is 5.78 Å². The summed E-state index contributed by atoms with van der Waals surface area (Å²) in [6, 6.07) is 7.56. The first-order valence-corrected chi connectivity index (χ1v) is 5.11. The molecule has 3 nitrogen and oxygen atoms in total. The minimum absolute atomic E-state index is 0.0242. The molecule has 0 aliphatic heterocycles. The summed E-state index contributed by atoms with van der Waals surface area (Å²) in [5.41, 5.74) is 7.04. The van der Waals surface area contributed by atoms with E-state index in [4.69, 9.17) is 10.5 Å². The lowest BCUT2D eigenvalue weighted by Gasteiger charge is -2.13. The Hall–Kier alpha value is -1.19. The average molecular weight is 205 g/mol. The van der Waals surface area contributed by atoms with E-state index >= 15 is 0 Å². The lowest BCUT2D eigenvalue weighted by Crippen LogP contribution is -2.14. The van der Waals surface area contributed by atoms with Gasteiger partial charge in [-0.25, -0.2) is 0 Å². The first kappa shape index (κ1) is 10.3.